The number of hydrogen-bond acceptors (Lipinski definition) is 3. The highest BCUT2D eigenvalue weighted by molar-refractivity contribution is 5.90. The van der Waals surface area contributed by atoms with Crippen LogP contribution in [0.25, 0.3) is 0 Å². The van der Waals surface area contributed by atoms with E-state index in [9.17, 15) is 9.59 Å². The number of carbonyl (C=O) groups excluding carboxylic acids is 2. The number of nitrogens with one attached hydrogen (secondary N) is 3. The number of amides is 2. The maximum Gasteiger partial charge on any atom is 0.242 e. The molecular weight excluding hydrogens is 242 g/mol. The molecule has 1 aliphatic rings. The van der Waals surface area contributed by atoms with Crippen molar-refractivity contribution in [2.24, 2.45) is 11.3 Å². The fourth-order valence-corrected chi connectivity index (χ4v) is 2.46. The Labute approximate surface area is 115 Å². The van der Waals surface area contributed by atoms with E-state index in [2.05, 4.69) is 16.0 Å². The van der Waals surface area contributed by atoms with Gasteiger partial charge in [-0.25, -0.2) is 0 Å². The maximum atomic E-state index is 12.4. The van der Waals surface area contributed by atoms with E-state index < -0.39 is 11.5 Å². The molecule has 110 valence electrons. The minimum atomic E-state index is -0.434. The number of piperidine rings is 1. The highest BCUT2D eigenvalue weighted by Crippen LogP contribution is 2.25. The van der Waals surface area contributed by atoms with Crippen molar-refractivity contribution >= 4 is 11.8 Å². The molecule has 1 fully saturated rings. The Morgan fingerprint density at radius 1 is 1.37 bits per heavy atom. The van der Waals surface area contributed by atoms with Gasteiger partial charge >= 0.3 is 0 Å². The summed E-state index contributed by atoms with van der Waals surface area (Å²) in [6.45, 7) is 7.71. The van der Waals surface area contributed by atoms with Gasteiger partial charge in [-0.2, -0.15) is 0 Å². The summed E-state index contributed by atoms with van der Waals surface area (Å²) in [5, 5.41) is 8.79. The fraction of sp³-hybridized carbons (Fsp3) is 0.857. The largest absolute Gasteiger partial charge is 0.357 e. The van der Waals surface area contributed by atoms with Crippen LogP contribution in [0.5, 0.6) is 0 Å². The van der Waals surface area contributed by atoms with Gasteiger partial charge in [0.25, 0.3) is 0 Å². The van der Waals surface area contributed by atoms with Crippen molar-refractivity contribution in [2.45, 2.75) is 46.1 Å². The van der Waals surface area contributed by atoms with E-state index in [-0.39, 0.29) is 11.8 Å². The zero-order valence-electron chi connectivity index (χ0n) is 12.5. The number of carbonyl (C=O) groups is 2. The molecule has 1 heterocycles. The molecule has 1 saturated heterocycles. The first kappa shape index (κ1) is 16.0. The van der Waals surface area contributed by atoms with Crippen LogP contribution in [0.2, 0.25) is 0 Å². The molecule has 2 unspecified atom stereocenters. The summed E-state index contributed by atoms with van der Waals surface area (Å²) in [4.78, 5) is 24.2. The molecular formula is C14H27N3O2. The van der Waals surface area contributed by atoms with Crippen molar-refractivity contribution in [2.75, 3.05) is 20.1 Å². The molecule has 0 aromatic carbocycles. The van der Waals surface area contributed by atoms with Gasteiger partial charge in [0.1, 0.15) is 6.04 Å². The van der Waals surface area contributed by atoms with E-state index in [1.165, 1.54) is 0 Å². The van der Waals surface area contributed by atoms with Gasteiger partial charge in [-0.15, -0.1) is 0 Å². The molecule has 2 atom stereocenters. The van der Waals surface area contributed by atoms with Gasteiger partial charge in [-0.05, 0) is 38.6 Å². The average molecular weight is 269 g/mol. The normalized spacial score (nSPS) is 24.9. The van der Waals surface area contributed by atoms with Crippen LogP contribution in [-0.4, -0.2) is 38.0 Å². The summed E-state index contributed by atoms with van der Waals surface area (Å²) >= 11 is 0. The molecule has 0 saturated carbocycles. The first-order chi connectivity index (χ1) is 8.89. The van der Waals surface area contributed by atoms with Crippen LogP contribution >= 0.6 is 0 Å². The lowest BCUT2D eigenvalue weighted by molar-refractivity contribution is -0.135. The number of likely N-dealkylation sites (N-methyl/N-ethyl adjacent to an activating group) is 1. The van der Waals surface area contributed by atoms with Crippen molar-refractivity contribution in [3.05, 3.63) is 0 Å². The average Bonchev–Trinajstić information content (AvgIpc) is 2.37. The molecule has 0 bridgehead atoms. The van der Waals surface area contributed by atoms with Gasteiger partial charge in [-0.3, -0.25) is 9.59 Å². The molecule has 3 N–H and O–H groups in total. The van der Waals surface area contributed by atoms with Crippen LogP contribution in [0.3, 0.4) is 0 Å². The van der Waals surface area contributed by atoms with E-state index in [1.807, 2.05) is 20.8 Å². The summed E-state index contributed by atoms with van der Waals surface area (Å²) in [5.41, 5.74) is -0.401. The Morgan fingerprint density at radius 3 is 2.53 bits per heavy atom. The van der Waals surface area contributed by atoms with Gasteiger partial charge in [0.05, 0.1) is 5.41 Å². The number of rotatable bonds is 5. The fourth-order valence-electron chi connectivity index (χ4n) is 2.46. The predicted molar refractivity (Wildman–Crippen MR) is 75.7 cm³/mol. The highest BCUT2D eigenvalue weighted by atomic mass is 16.2. The molecule has 0 spiro atoms. The van der Waals surface area contributed by atoms with Crippen LogP contribution in [-0.2, 0) is 9.59 Å². The van der Waals surface area contributed by atoms with Crippen LogP contribution in [0, 0.1) is 11.3 Å². The van der Waals surface area contributed by atoms with E-state index in [0.717, 1.165) is 19.4 Å². The Kier molecular flexibility index (Phi) is 5.79. The molecule has 5 heteroatoms. The Hall–Kier alpha value is -1.10. The first-order valence-corrected chi connectivity index (χ1v) is 7.12. The maximum absolute atomic E-state index is 12.4. The summed E-state index contributed by atoms with van der Waals surface area (Å²) in [6, 6.07) is -0.434. The van der Waals surface area contributed by atoms with Crippen molar-refractivity contribution in [3.8, 4) is 0 Å². The molecule has 2 amide bonds. The second kappa shape index (κ2) is 6.89. The van der Waals surface area contributed by atoms with Crippen LogP contribution in [0.4, 0.5) is 0 Å². The Bertz CT molecular complexity index is 323. The molecule has 0 aromatic rings. The summed E-state index contributed by atoms with van der Waals surface area (Å²) < 4.78 is 0. The van der Waals surface area contributed by atoms with Crippen molar-refractivity contribution in [1.82, 2.24) is 16.0 Å². The van der Waals surface area contributed by atoms with Gasteiger partial charge in [0, 0.05) is 13.6 Å². The van der Waals surface area contributed by atoms with Gasteiger partial charge in [0.15, 0.2) is 0 Å². The quantitative estimate of drug-likeness (QED) is 0.686. The lowest BCUT2D eigenvalue weighted by Crippen LogP contribution is -2.54. The van der Waals surface area contributed by atoms with Crippen LogP contribution in [0.1, 0.15) is 40.0 Å². The lowest BCUT2D eigenvalue weighted by atomic mass is 9.81. The van der Waals surface area contributed by atoms with Gasteiger partial charge < -0.3 is 16.0 Å². The highest BCUT2D eigenvalue weighted by Gasteiger charge is 2.36. The number of hydrogen-bond donors (Lipinski definition) is 3. The second-order valence-corrected chi connectivity index (χ2v) is 6.11. The molecule has 0 aromatic heterocycles. The van der Waals surface area contributed by atoms with E-state index in [0.29, 0.717) is 18.9 Å². The minimum Gasteiger partial charge on any atom is -0.357 e. The van der Waals surface area contributed by atoms with Gasteiger partial charge in [-0.1, -0.05) is 13.8 Å². The lowest BCUT2D eigenvalue weighted by Gasteiger charge is -2.34. The zero-order valence-corrected chi connectivity index (χ0v) is 12.5. The molecule has 19 heavy (non-hydrogen) atoms. The Balaban J connectivity index is 2.66. The summed E-state index contributed by atoms with van der Waals surface area (Å²) in [5.74, 6) is 0.225. The summed E-state index contributed by atoms with van der Waals surface area (Å²) in [7, 11) is 1.60. The molecule has 1 rings (SSSR count). The summed E-state index contributed by atoms with van der Waals surface area (Å²) in [6.07, 6.45) is 2.53. The molecule has 0 aliphatic carbocycles. The smallest absolute Gasteiger partial charge is 0.242 e. The Morgan fingerprint density at radius 2 is 2.05 bits per heavy atom. The third-order valence-corrected chi connectivity index (χ3v) is 3.72. The topological polar surface area (TPSA) is 70.2 Å². The zero-order chi connectivity index (χ0) is 14.5. The van der Waals surface area contributed by atoms with Crippen molar-refractivity contribution in [1.29, 1.82) is 0 Å². The predicted octanol–water partition coefficient (Wildman–Crippen LogP) is 0.653. The monoisotopic (exact) mass is 269 g/mol. The van der Waals surface area contributed by atoms with Crippen LogP contribution in [0.15, 0.2) is 0 Å². The molecule has 1 aliphatic heterocycles. The van der Waals surface area contributed by atoms with Crippen molar-refractivity contribution in [3.63, 3.8) is 0 Å². The van der Waals surface area contributed by atoms with Crippen molar-refractivity contribution < 1.29 is 9.59 Å². The third-order valence-electron chi connectivity index (χ3n) is 3.72. The third kappa shape index (κ3) is 4.49. The van der Waals surface area contributed by atoms with E-state index in [1.54, 1.807) is 7.05 Å². The SMILES string of the molecule is CNC(=O)C(CC(C)C)NC(=O)C1(C)CCCNC1. The van der Waals surface area contributed by atoms with Gasteiger partial charge in [0.2, 0.25) is 11.8 Å². The standard InChI is InChI=1S/C14H27N3O2/c1-10(2)8-11(12(18)15-4)17-13(19)14(3)6-5-7-16-9-14/h10-11,16H,5-9H2,1-4H3,(H,15,18)(H,17,19). The molecule has 5 nitrogen and oxygen atoms in total. The van der Waals surface area contributed by atoms with Crippen LogP contribution < -0.4 is 16.0 Å². The van der Waals surface area contributed by atoms with E-state index in [4.69, 9.17) is 0 Å². The first-order valence-electron chi connectivity index (χ1n) is 7.12. The van der Waals surface area contributed by atoms with E-state index >= 15 is 0 Å². The molecule has 0 radical (unpaired) electrons. The minimum absolute atomic E-state index is 0.0195. The second-order valence-electron chi connectivity index (χ2n) is 6.11.